The first-order chi connectivity index (χ1) is 9.47. The first kappa shape index (κ1) is 16.2. The van der Waals surface area contributed by atoms with E-state index in [0.717, 1.165) is 6.42 Å². The molecule has 0 aliphatic carbocycles. The average molecular weight is 277 g/mol. The van der Waals surface area contributed by atoms with Crippen molar-refractivity contribution in [2.75, 3.05) is 18.9 Å². The lowest BCUT2D eigenvalue weighted by Gasteiger charge is -2.16. The third-order valence-electron chi connectivity index (χ3n) is 3.05. The second kappa shape index (κ2) is 7.65. The van der Waals surface area contributed by atoms with Gasteiger partial charge in [-0.05, 0) is 36.6 Å². The number of hydrogen-bond acceptors (Lipinski definition) is 3. The molecule has 20 heavy (non-hydrogen) atoms. The third kappa shape index (κ3) is 4.66. The second-order valence-corrected chi connectivity index (χ2v) is 5.21. The van der Waals surface area contributed by atoms with Crippen LogP contribution in [0.4, 0.5) is 5.69 Å². The summed E-state index contributed by atoms with van der Waals surface area (Å²) in [7, 11) is 1.58. The summed E-state index contributed by atoms with van der Waals surface area (Å²) in [5.74, 6) is 0.00922. The number of nitrogens with one attached hydrogen (secondary N) is 2. The molecule has 0 radical (unpaired) electrons. The standard InChI is InChI=1S/C15H23N3O2/c1-10(2)8-12(9-16)15(20)18-13-6-4-11(5-7-13)14(19)17-3/h4-7,10,12H,8-9,16H2,1-3H3,(H,17,19)(H,18,20). The van der Waals surface area contributed by atoms with Gasteiger partial charge in [-0.3, -0.25) is 9.59 Å². The highest BCUT2D eigenvalue weighted by molar-refractivity contribution is 5.96. The van der Waals surface area contributed by atoms with Crippen molar-refractivity contribution in [3.05, 3.63) is 29.8 Å². The van der Waals surface area contributed by atoms with Crippen LogP contribution in [0.1, 0.15) is 30.6 Å². The predicted octanol–water partition coefficient (Wildman–Crippen LogP) is 1.61. The van der Waals surface area contributed by atoms with Gasteiger partial charge in [0.25, 0.3) is 5.91 Å². The van der Waals surface area contributed by atoms with E-state index >= 15 is 0 Å². The highest BCUT2D eigenvalue weighted by Gasteiger charge is 2.18. The van der Waals surface area contributed by atoms with Crippen LogP contribution in [0, 0.1) is 11.8 Å². The predicted molar refractivity (Wildman–Crippen MR) is 80.5 cm³/mol. The van der Waals surface area contributed by atoms with Crippen LogP contribution in [-0.2, 0) is 4.79 Å². The first-order valence-electron chi connectivity index (χ1n) is 6.81. The Kier molecular flexibility index (Phi) is 6.18. The van der Waals surface area contributed by atoms with Crippen LogP contribution in [0.25, 0.3) is 0 Å². The van der Waals surface area contributed by atoms with Gasteiger partial charge in [0, 0.05) is 24.8 Å². The van der Waals surface area contributed by atoms with Gasteiger partial charge in [-0.25, -0.2) is 0 Å². The summed E-state index contributed by atoms with van der Waals surface area (Å²) < 4.78 is 0. The lowest BCUT2D eigenvalue weighted by atomic mass is 9.96. The van der Waals surface area contributed by atoms with Crippen molar-refractivity contribution in [2.45, 2.75) is 20.3 Å². The summed E-state index contributed by atoms with van der Waals surface area (Å²) in [5, 5.41) is 5.38. The normalized spacial score (nSPS) is 12.1. The monoisotopic (exact) mass is 277 g/mol. The molecule has 0 aromatic heterocycles. The van der Waals surface area contributed by atoms with Gasteiger partial charge >= 0.3 is 0 Å². The Balaban J connectivity index is 2.68. The number of carbonyl (C=O) groups excluding carboxylic acids is 2. The molecular weight excluding hydrogens is 254 g/mol. The van der Waals surface area contributed by atoms with Crippen LogP contribution >= 0.6 is 0 Å². The Labute approximate surface area is 119 Å². The maximum Gasteiger partial charge on any atom is 0.251 e. The minimum atomic E-state index is -0.186. The van der Waals surface area contributed by atoms with E-state index in [2.05, 4.69) is 24.5 Å². The fourth-order valence-electron chi connectivity index (χ4n) is 1.97. The molecule has 5 nitrogen and oxygen atoms in total. The summed E-state index contributed by atoms with van der Waals surface area (Å²) >= 11 is 0. The van der Waals surface area contributed by atoms with E-state index in [1.807, 2.05) is 0 Å². The second-order valence-electron chi connectivity index (χ2n) is 5.21. The van der Waals surface area contributed by atoms with Crippen molar-refractivity contribution in [2.24, 2.45) is 17.6 Å². The van der Waals surface area contributed by atoms with Gasteiger partial charge < -0.3 is 16.4 Å². The first-order valence-corrected chi connectivity index (χ1v) is 6.81. The highest BCUT2D eigenvalue weighted by Crippen LogP contribution is 2.15. The molecule has 1 aromatic carbocycles. The molecule has 0 aliphatic heterocycles. The van der Waals surface area contributed by atoms with Crippen LogP contribution in [0.2, 0.25) is 0 Å². The zero-order chi connectivity index (χ0) is 15.1. The number of anilines is 1. The summed E-state index contributed by atoms with van der Waals surface area (Å²) in [4.78, 5) is 23.5. The molecule has 1 atom stereocenters. The molecule has 2 amide bonds. The molecule has 0 fully saturated rings. The van der Waals surface area contributed by atoms with E-state index in [4.69, 9.17) is 5.73 Å². The molecule has 0 bridgehead atoms. The van der Waals surface area contributed by atoms with Crippen LogP contribution in [0.15, 0.2) is 24.3 Å². The van der Waals surface area contributed by atoms with E-state index in [9.17, 15) is 9.59 Å². The SMILES string of the molecule is CNC(=O)c1ccc(NC(=O)C(CN)CC(C)C)cc1. The molecule has 4 N–H and O–H groups in total. The number of hydrogen-bond donors (Lipinski definition) is 3. The van der Waals surface area contributed by atoms with Crippen LogP contribution in [0.3, 0.4) is 0 Å². The fourth-order valence-corrected chi connectivity index (χ4v) is 1.97. The fraction of sp³-hybridized carbons (Fsp3) is 0.467. The van der Waals surface area contributed by atoms with E-state index in [1.165, 1.54) is 0 Å². The van der Waals surface area contributed by atoms with Gasteiger partial charge in [0.05, 0.1) is 5.92 Å². The van der Waals surface area contributed by atoms with E-state index < -0.39 is 0 Å². The number of nitrogens with two attached hydrogens (primary N) is 1. The smallest absolute Gasteiger partial charge is 0.251 e. The zero-order valence-corrected chi connectivity index (χ0v) is 12.3. The van der Waals surface area contributed by atoms with Crippen molar-refractivity contribution < 1.29 is 9.59 Å². The molecule has 0 aliphatic rings. The van der Waals surface area contributed by atoms with Gasteiger partial charge in [-0.15, -0.1) is 0 Å². The van der Waals surface area contributed by atoms with Crippen molar-refractivity contribution in [3.8, 4) is 0 Å². The molecule has 0 saturated heterocycles. The minimum absolute atomic E-state index is 0.0751. The summed E-state index contributed by atoms with van der Waals surface area (Å²) in [6.07, 6.45) is 0.763. The molecular formula is C15H23N3O2. The van der Waals surface area contributed by atoms with E-state index in [0.29, 0.717) is 23.7 Å². The Hall–Kier alpha value is -1.88. The molecule has 0 heterocycles. The van der Waals surface area contributed by atoms with E-state index in [-0.39, 0.29) is 17.7 Å². The molecule has 1 rings (SSSR count). The molecule has 0 saturated carbocycles. The Morgan fingerprint density at radius 1 is 1.20 bits per heavy atom. The number of amides is 2. The van der Waals surface area contributed by atoms with Crippen molar-refractivity contribution in [1.29, 1.82) is 0 Å². The van der Waals surface area contributed by atoms with Crippen LogP contribution in [-0.4, -0.2) is 25.4 Å². The van der Waals surface area contributed by atoms with Crippen molar-refractivity contribution in [3.63, 3.8) is 0 Å². The maximum atomic E-state index is 12.1. The average Bonchev–Trinajstić information content (AvgIpc) is 2.44. The Bertz CT molecular complexity index is 455. The quantitative estimate of drug-likeness (QED) is 0.738. The molecule has 0 spiro atoms. The lowest BCUT2D eigenvalue weighted by Crippen LogP contribution is -2.30. The molecule has 1 unspecified atom stereocenters. The third-order valence-corrected chi connectivity index (χ3v) is 3.05. The summed E-state index contributed by atoms with van der Waals surface area (Å²) in [5.41, 5.74) is 6.87. The largest absolute Gasteiger partial charge is 0.355 e. The Morgan fingerprint density at radius 3 is 2.25 bits per heavy atom. The number of carbonyl (C=O) groups is 2. The number of rotatable bonds is 6. The van der Waals surface area contributed by atoms with Gasteiger partial charge in [-0.1, -0.05) is 13.8 Å². The highest BCUT2D eigenvalue weighted by atomic mass is 16.2. The lowest BCUT2D eigenvalue weighted by molar-refractivity contribution is -0.120. The molecule has 5 heteroatoms. The van der Waals surface area contributed by atoms with Gasteiger partial charge in [0.2, 0.25) is 5.91 Å². The summed E-state index contributed by atoms with van der Waals surface area (Å²) in [6, 6.07) is 6.78. The van der Waals surface area contributed by atoms with Gasteiger partial charge in [0.1, 0.15) is 0 Å². The van der Waals surface area contributed by atoms with E-state index in [1.54, 1.807) is 31.3 Å². The topological polar surface area (TPSA) is 84.2 Å². The van der Waals surface area contributed by atoms with Crippen LogP contribution < -0.4 is 16.4 Å². The summed E-state index contributed by atoms with van der Waals surface area (Å²) in [6.45, 7) is 4.46. The zero-order valence-electron chi connectivity index (χ0n) is 12.3. The molecule has 1 aromatic rings. The van der Waals surface area contributed by atoms with Crippen molar-refractivity contribution in [1.82, 2.24) is 5.32 Å². The Morgan fingerprint density at radius 2 is 1.80 bits per heavy atom. The van der Waals surface area contributed by atoms with Gasteiger partial charge in [-0.2, -0.15) is 0 Å². The van der Waals surface area contributed by atoms with Gasteiger partial charge in [0.15, 0.2) is 0 Å². The van der Waals surface area contributed by atoms with Crippen LogP contribution in [0.5, 0.6) is 0 Å². The maximum absolute atomic E-state index is 12.1. The number of benzene rings is 1. The minimum Gasteiger partial charge on any atom is -0.355 e. The van der Waals surface area contributed by atoms with Crippen molar-refractivity contribution >= 4 is 17.5 Å². The molecule has 110 valence electrons.